The van der Waals surface area contributed by atoms with Crippen molar-refractivity contribution in [2.24, 2.45) is 0 Å². The van der Waals surface area contributed by atoms with Crippen molar-refractivity contribution >= 4 is 34.4 Å². The van der Waals surface area contributed by atoms with Crippen LogP contribution in [-0.2, 0) is 20.9 Å². The van der Waals surface area contributed by atoms with E-state index in [4.69, 9.17) is 19.3 Å². The minimum Gasteiger partial charge on any atom is -0.493 e. The van der Waals surface area contributed by atoms with E-state index < -0.39 is 24.2 Å². The van der Waals surface area contributed by atoms with E-state index in [2.05, 4.69) is 27.9 Å². The van der Waals surface area contributed by atoms with Crippen molar-refractivity contribution in [1.82, 2.24) is 10.2 Å². The van der Waals surface area contributed by atoms with E-state index in [-0.39, 0.29) is 38.2 Å². The van der Waals surface area contributed by atoms with Gasteiger partial charge in [-0.25, -0.2) is 0 Å². The van der Waals surface area contributed by atoms with Gasteiger partial charge in [-0.3, -0.25) is 9.59 Å². The summed E-state index contributed by atoms with van der Waals surface area (Å²) in [6.45, 7) is 5.77. The number of rotatable bonds is 13. The first kappa shape index (κ1) is 30.3. The summed E-state index contributed by atoms with van der Waals surface area (Å²) in [4.78, 5) is 26.9. The summed E-state index contributed by atoms with van der Waals surface area (Å²) in [5.41, 5.74) is 0.978. The molecule has 2 amide bonds. The summed E-state index contributed by atoms with van der Waals surface area (Å²) in [6, 6.07) is 2.66. The molecule has 1 aromatic rings. The maximum absolute atomic E-state index is 12.8. The van der Waals surface area contributed by atoms with Gasteiger partial charge in [-0.2, -0.15) is 0 Å². The molecule has 1 aliphatic rings. The van der Waals surface area contributed by atoms with Crippen molar-refractivity contribution in [2.45, 2.75) is 64.6 Å². The summed E-state index contributed by atoms with van der Waals surface area (Å²) in [5, 5.41) is 32.6. The fourth-order valence-corrected chi connectivity index (χ4v) is 4.80. The number of aliphatic hydroxyl groups excluding tert-OH is 3. The quantitative estimate of drug-likeness (QED) is 0.192. The number of hydrogen-bond acceptors (Lipinski definition) is 8. The van der Waals surface area contributed by atoms with Crippen LogP contribution >= 0.6 is 22.6 Å². The fourth-order valence-electron chi connectivity index (χ4n) is 4.01. The van der Waals surface area contributed by atoms with Crippen molar-refractivity contribution in [3.8, 4) is 11.5 Å². The number of nitrogens with zero attached hydrogens (tertiary/aromatic N) is 1. The lowest BCUT2D eigenvalue weighted by atomic mass is 9.88. The monoisotopic (exact) mass is 620 g/mol. The summed E-state index contributed by atoms with van der Waals surface area (Å²) in [5.74, 6) is 0.0811. The first-order chi connectivity index (χ1) is 17.1. The molecule has 0 aromatic heterocycles. The summed E-state index contributed by atoms with van der Waals surface area (Å²) < 4.78 is 17.9. The van der Waals surface area contributed by atoms with Crippen LogP contribution < -0.4 is 14.8 Å². The number of amides is 2. The van der Waals surface area contributed by atoms with Gasteiger partial charge in [0.05, 0.1) is 36.0 Å². The van der Waals surface area contributed by atoms with Crippen LogP contribution in [0.1, 0.15) is 39.2 Å². The summed E-state index contributed by atoms with van der Waals surface area (Å²) in [6.07, 6.45) is 0.205. The lowest BCUT2D eigenvalue weighted by molar-refractivity contribution is -0.136. The average molecular weight is 620 g/mol. The number of nitrogens with one attached hydrogen (secondary N) is 1. The molecule has 3 unspecified atom stereocenters. The SMILES string of the molecule is COc1cc(CO)cc(I)c1OC1C=C(C(=O)NCCO)CC(N(CCCOC(C)C)C(C)=O)C1O. The molecule has 0 heterocycles. The number of carbonyl (C=O) groups is 2. The highest BCUT2D eigenvalue weighted by atomic mass is 127. The minimum absolute atomic E-state index is 0.0632. The van der Waals surface area contributed by atoms with Crippen LogP contribution in [0.15, 0.2) is 23.8 Å². The van der Waals surface area contributed by atoms with Gasteiger partial charge in [0.2, 0.25) is 11.8 Å². The van der Waals surface area contributed by atoms with Gasteiger partial charge in [-0.1, -0.05) is 0 Å². The highest BCUT2D eigenvalue weighted by Crippen LogP contribution is 2.37. The molecule has 4 N–H and O–H groups in total. The first-order valence-corrected chi connectivity index (χ1v) is 13.0. The van der Waals surface area contributed by atoms with E-state index in [1.165, 1.54) is 14.0 Å². The first-order valence-electron chi connectivity index (χ1n) is 11.9. The lowest BCUT2D eigenvalue weighted by Crippen LogP contribution is -2.55. The molecule has 1 aromatic carbocycles. The third-order valence-corrected chi connectivity index (χ3v) is 6.54. The van der Waals surface area contributed by atoms with E-state index in [0.717, 1.165) is 0 Å². The molecule has 10 nitrogen and oxygen atoms in total. The highest BCUT2D eigenvalue weighted by Gasteiger charge is 2.40. The predicted molar refractivity (Wildman–Crippen MR) is 142 cm³/mol. The average Bonchev–Trinajstić information content (AvgIpc) is 2.84. The molecule has 36 heavy (non-hydrogen) atoms. The van der Waals surface area contributed by atoms with Crippen LogP contribution in [0.5, 0.6) is 11.5 Å². The molecule has 11 heteroatoms. The number of methoxy groups -OCH3 is 1. The Hall–Kier alpha value is -1.93. The van der Waals surface area contributed by atoms with Crippen molar-refractivity contribution < 1.29 is 39.1 Å². The molecule has 1 aliphatic carbocycles. The predicted octanol–water partition coefficient (Wildman–Crippen LogP) is 1.37. The van der Waals surface area contributed by atoms with Gasteiger partial charge in [0.15, 0.2) is 11.5 Å². The molecule has 2 rings (SSSR count). The van der Waals surface area contributed by atoms with Crippen molar-refractivity contribution in [3.05, 3.63) is 32.9 Å². The number of benzene rings is 1. The van der Waals surface area contributed by atoms with Crippen molar-refractivity contribution in [1.29, 1.82) is 0 Å². The summed E-state index contributed by atoms with van der Waals surface area (Å²) in [7, 11) is 1.47. The number of aliphatic hydroxyl groups is 3. The minimum atomic E-state index is -1.13. The van der Waals surface area contributed by atoms with Crippen LogP contribution in [0.4, 0.5) is 0 Å². The Morgan fingerprint density at radius 2 is 2.00 bits per heavy atom. The molecule has 0 bridgehead atoms. The van der Waals surface area contributed by atoms with Gasteiger partial charge in [-0.05, 0) is 66.6 Å². The Balaban J connectivity index is 2.39. The van der Waals surface area contributed by atoms with Crippen LogP contribution in [0, 0.1) is 3.57 Å². The Labute approximate surface area is 225 Å². The zero-order valence-corrected chi connectivity index (χ0v) is 23.4. The molecule has 0 fully saturated rings. The Bertz CT molecular complexity index is 924. The standard InChI is InChI=1S/C25H37IN2O8/c1-15(2)35-9-5-7-28(16(3)31)20-12-18(25(33)27-6-8-29)13-21(23(20)32)36-24-19(26)10-17(14-30)11-22(24)34-4/h10-11,13,15,20-21,23,29-30,32H,5-9,12,14H2,1-4H3,(H,27,33). The van der Waals surface area contributed by atoms with Crippen LogP contribution in [0.3, 0.4) is 0 Å². The maximum atomic E-state index is 12.8. The van der Waals surface area contributed by atoms with Crippen LogP contribution in [0.2, 0.25) is 0 Å². The zero-order valence-electron chi connectivity index (χ0n) is 21.2. The summed E-state index contributed by atoms with van der Waals surface area (Å²) >= 11 is 2.05. The van der Waals surface area contributed by atoms with Gasteiger partial charge >= 0.3 is 0 Å². The molecule has 0 radical (unpaired) electrons. The second-order valence-corrected chi connectivity index (χ2v) is 9.93. The lowest BCUT2D eigenvalue weighted by Gasteiger charge is -2.40. The van der Waals surface area contributed by atoms with Crippen molar-refractivity contribution in [3.63, 3.8) is 0 Å². The van der Waals surface area contributed by atoms with Gasteiger partial charge < -0.3 is 39.7 Å². The molecule has 0 spiro atoms. The Morgan fingerprint density at radius 3 is 2.58 bits per heavy atom. The molecular weight excluding hydrogens is 583 g/mol. The molecule has 0 saturated heterocycles. The Morgan fingerprint density at radius 1 is 1.28 bits per heavy atom. The second-order valence-electron chi connectivity index (χ2n) is 8.77. The number of hydrogen-bond donors (Lipinski definition) is 4. The molecule has 0 aliphatic heterocycles. The number of carbonyl (C=O) groups excluding carboxylic acids is 2. The number of ether oxygens (including phenoxy) is 3. The zero-order chi connectivity index (χ0) is 26.8. The highest BCUT2D eigenvalue weighted by molar-refractivity contribution is 14.1. The van der Waals surface area contributed by atoms with Gasteiger partial charge in [-0.15, -0.1) is 0 Å². The third kappa shape index (κ3) is 8.30. The third-order valence-electron chi connectivity index (χ3n) is 5.74. The smallest absolute Gasteiger partial charge is 0.247 e. The molecular formula is C25H37IN2O8. The van der Waals surface area contributed by atoms with E-state index in [1.807, 2.05) is 13.8 Å². The van der Waals surface area contributed by atoms with Gasteiger partial charge in [0, 0.05) is 38.6 Å². The van der Waals surface area contributed by atoms with Gasteiger partial charge in [0.1, 0.15) is 12.2 Å². The molecule has 3 atom stereocenters. The molecule has 0 saturated carbocycles. The van der Waals surface area contributed by atoms with Crippen molar-refractivity contribution in [2.75, 3.05) is 33.4 Å². The number of halogens is 1. The van der Waals surface area contributed by atoms with E-state index in [0.29, 0.717) is 45.8 Å². The Kier molecular flexibility index (Phi) is 12.4. The van der Waals surface area contributed by atoms with E-state index in [1.54, 1.807) is 23.1 Å². The van der Waals surface area contributed by atoms with Crippen LogP contribution in [0.25, 0.3) is 0 Å². The molecule has 202 valence electrons. The van der Waals surface area contributed by atoms with E-state index in [9.17, 15) is 19.8 Å². The van der Waals surface area contributed by atoms with E-state index >= 15 is 0 Å². The second kappa shape index (κ2) is 14.7. The topological polar surface area (TPSA) is 138 Å². The van der Waals surface area contributed by atoms with Gasteiger partial charge in [0.25, 0.3) is 0 Å². The normalized spacial score (nSPS) is 19.6. The van der Waals surface area contributed by atoms with Crippen LogP contribution in [-0.4, -0.2) is 89.8 Å². The largest absolute Gasteiger partial charge is 0.493 e. The maximum Gasteiger partial charge on any atom is 0.247 e. The fraction of sp³-hybridized carbons (Fsp3) is 0.600.